The Balaban J connectivity index is 1.80. The fraction of sp³-hybridized carbons (Fsp3) is 0.211. The molecular formula is C19H20N2O2. The summed E-state index contributed by atoms with van der Waals surface area (Å²) in [4.78, 5) is 11.6. The molecule has 3 aromatic rings. The fourth-order valence-electron chi connectivity index (χ4n) is 2.64. The molecule has 0 fully saturated rings. The summed E-state index contributed by atoms with van der Waals surface area (Å²) in [5, 5.41) is 3.74. The van der Waals surface area contributed by atoms with Gasteiger partial charge in [0.15, 0.2) is 0 Å². The van der Waals surface area contributed by atoms with E-state index in [1.807, 2.05) is 66.2 Å². The molecule has 3 rings (SSSR count). The SMILES string of the molecule is CNC(=O)Cc1cc2cc(OCc3ccccc3)ccc2n1C. The minimum atomic E-state index is 0.0106. The van der Waals surface area contributed by atoms with E-state index in [1.54, 1.807) is 7.05 Å². The summed E-state index contributed by atoms with van der Waals surface area (Å²) >= 11 is 0. The molecule has 4 heteroatoms. The second-order valence-electron chi connectivity index (χ2n) is 5.54. The highest BCUT2D eigenvalue weighted by atomic mass is 16.5. The Kier molecular flexibility index (Phi) is 4.33. The monoisotopic (exact) mass is 308 g/mol. The summed E-state index contributed by atoms with van der Waals surface area (Å²) in [5.41, 5.74) is 3.22. The van der Waals surface area contributed by atoms with Gasteiger partial charge in [-0.05, 0) is 29.8 Å². The van der Waals surface area contributed by atoms with Crippen LogP contribution in [-0.4, -0.2) is 17.5 Å². The Labute approximate surface area is 135 Å². The van der Waals surface area contributed by atoms with Gasteiger partial charge in [-0.15, -0.1) is 0 Å². The van der Waals surface area contributed by atoms with Crippen LogP contribution in [0.3, 0.4) is 0 Å². The average molecular weight is 308 g/mol. The first-order chi connectivity index (χ1) is 11.2. The molecule has 0 atom stereocenters. The number of ether oxygens (including phenoxy) is 1. The number of rotatable bonds is 5. The first kappa shape index (κ1) is 15.2. The van der Waals surface area contributed by atoms with E-state index in [-0.39, 0.29) is 5.91 Å². The van der Waals surface area contributed by atoms with Crippen molar-refractivity contribution in [2.75, 3.05) is 7.05 Å². The number of carbonyl (C=O) groups is 1. The van der Waals surface area contributed by atoms with Crippen molar-refractivity contribution in [1.82, 2.24) is 9.88 Å². The van der Waals surface area contributed by atoms with Crippen molar-refractivity contribution in [3.05, 3.63) is 65.9 Å². The number of fused-ring (bicyclic) bond motifs is 1. The zero-order chi connectivity index (χ0) is 16.2. The van der Waals surface area contributed by atoms with Crippen LogP contribution in [0.5, 0.6) is 5.75 Å². The van der Waals surface area contributed by atoms with Crippen LogP contribution in [-0.2, 0) is 24.9 Å². The number of aromatic nitrogens is 1. The van der Waals surface area contributed by atoms with Crippen LogP contribution in [0.25, 0.3) is 10.9 Å². The molecule has 0 unspecified atom stereocenters. The molecule has 1 amide bonds. The Morgan fingerprint density at radius 3 is 2.65 bits per heavy atom. The third kappa shape index (κ3) is 3.37. The van der Waals surface area contributed by atoms with Crippen LogP contribution in [0.1, 0.15) is 11.3 Å². The molecule has 0 saturated carbocycles. The molecule has 0 aliphatic carbocycles. The zero-order valence-electron chi connectivity index (χ0n) is 13.4. The van der Waals surface area contributed by atoms with Gasteiger partial charge in [-0.3, -0.25) is 4.79 Å². The van der Waals surface area contributed by atoms with Gasteiger partial charge in [0.1, 0.15) is 12.4 Å². The number of nitrogens with one attached hydrogen (secondary N) is 1. The van der Waals surface area contributed by atoms with E-state index in [0.717, 1.165) is 27.9 Å². The van der Waals surface area contributed by atoms with Crippen molar-refractivity contribution in [3.8, 4) is 5.75 Å². The molecule has 0 bridgehead atoms. The van der Waals surface area contributed by atoms with Crippen LogP contribution in [0.4, 0.5) is 0 Å². The van der Waals surface area contributed by atoms with Crippen LogP contribution < -0.4 is 10.1 Å². The molecule has 0 saturated heterocycles. The van der Waals surface area contributed by atoms with E-state index in [0.29, 0.717) is 13.0 Å². The Morgan fingerprint density at radius 1 is 1.13 bits per heavy atom. The zero-order valence-corrected chi connectivity index (χ0v) is 13.4. The van der Waals surface area contributed by atoms with Gasteiger partial charge >= 0.3 is 0 Å². The van der Waals surface area contributed by atoms with E-state index < -0.39 is 0 Å². The van der Waals surface area contributed by atoms with Gasteiger partial charge in [-0.1, -0.05) is 30.3 Å². The molecular weight excluding hydrogens is 288 g/mol. The van der Waals surface area contributed by atoms with E-state index in [1.165, 1.54) is 0 Å². The number of hydrogen-bond acceptors (Lipinski definition) is 2. The summed E-state index contributed by atoms with van der Waals surface area (Å²) in [5.74, 6) is 0.843. The van der Waals surface area contributed by atoms with Crippen LogP contribution >= 0.6 is 0 Å². The molecule has 0 aliphatic heterocycles. The molecule has 0 radical (unpaired) electrons. The smallest absolute Gasteiger partial charge is 0.225 e. The lowest BCUT2D eigenvalue weighted by Crippen LogP contribution is -2.21. The third-order valence-electron chi connectivity index (χ3n) is 3.98. The van der Waals surface area contributed by atoms with Gasteiger partial charge in [0, 0.05) is 30.7 Å². The molecule has 118 valence electrons. The van der Waals surface area contributed by atoms with Crippen LogP contribution in [0.15, 0.2) is 54.6 Å². The number of aryl methyl sites for hydroxylation is 1. The normalized spacial score (nSPS) is 10.7. The van der Waals surface area contributed by atoms with E-state index in [4.69, 9.17) is 4.74 Å². The standard InChI is InChI=1S/C19H20N2O2/c1-20-19(22)12-16-10-15-11-17(8-9-18(15)21(16)2)23-13-14-6-4-3-5-7-14/h3-11H,12-13H2,1-2H3,(H,20,22). The van der Waals surface area contributed by atoms with Crippen molar-refractivity contribution in [1.29, 1.82) is 0 Å². The van der Waals surface area contributed by atoms with Gasteiger partial charge in [-0.2, -0.15) is 0 Å². The summed E-state index contributed by atoms with van der Waals surface area (Å²) in [7, 11) is 3.63. The van der Waals surface area contributed by atoms with Gasteiger partial charge in [0.05, 0.1) is 6.42 Å². The summed E-state index contributed by atoms with van der Waals surface area (Å²) < 4.78 is 7.91. The lowest BCUT2D eigenvalue weighted by atomic mass is 10.2. The number of benzene rings is 2. The minimum absolute atomic E-state index is 0.0106. The lowest BCUT2D eigenvalue weighted by Gasteiger charge is -2.07. The van der Waals surface area contributed by atoms with E-state index in [2.05, 4.69) is 5.32 Å². The number of nitrogens with zero attached hydrogens (tertiary/aromatic N) is 1. The minimum Gasteiger partial charge on any atom is -0.489 e. The predicted octanol–water partition coefficient (Wildman–Crippen LogP) is 3.05. The fourth-order valence-corrected chi connectivity index (χ4v) is 2.64. The largest absolute Gasteiger partial charge is 0.489 e. The molecule has 0 aliphatic rings. The number of likely N-dealkylation sites (N-methyl/N-ethyl adjacent to an activating group) is 1. The topological polar surface area (TPSA) is 43.3 Å². The number of amides is 1. The maximum absolute atomic E-state index is 11.6. The Hall–Kier alpha value is -2.75. The van der Waals surface area contributed by atoms with Gasteiger partial charge in [0.2, 0.25) is 5.91 Å². The summed E-state index contributed by atoms with van der Waals surface area (Å²) in [6, 6.07) is 18.1. The van der Waals surface area contributed by atoms with Crippen molar-refractivity contribution < 1.29 is 9.53 Å². The van der Waals surface area contributed by atoms with Crippen molar-refractivity contribution >= 4 is 16.8 Å². The Bertz CT molecular complexity index is 822. The number of hydrogen-bond donors (Lipinski definition) is 1. The van der Waals surface area contributed by atoms with Crippen molar-refractivity contribution in [3.63, 3.8) is 0 Å². The molecule has 1 N–H and O–H groups in total. The first-order valence-electron chi connectivity index (χ1n) is 7.63. The molecule has 1 aromatic heterocycles. The van der Waals surface area contributed by atoms with Gasteiger partial charge in [-0.25, -0.2) is 0 Å². The molecule has 23 heavy (non-hydrogen) atoms. The maximum atomic E-state index is 11.6. The summed E-state index contributed by atoms with van der Waals surface area (Å²) in [6.07, 6.45) is 0.377. The van der Waals surface area contributed by atoms with Gasteiger partial charge < -0.3 is 14.6 Å². The quantitative estimate of drug-likeness (QED) is 0.787. The van der Waals surface area contributed by atoms with E-state index >= 15 is 0 Å². The third-order valence-corrected chi connectivity index (χ3v) is 3.98. The molecule has 1 heterocycles. The highest BCUT2D eigenvalue weighted by Crippen LogP contribution is 2.24. The highest BCUT2D eigenvalue weighted by molar-refractivity contribution is 5.85. The lowest BCUT2D eigenvalue weighted by molar-refractivity contribution is -0.120. The predicted molar refractivity (Wildman–Crippen MR) is 91.5 cm³/mol. The molecule has 0 spiro atoms. The first-order valence-corrected chi connectivity index (χ1v) is 7.63. The molecule has 4 nitrogen and oxygen atoms in total. The van der Waals surface area contributed by atoms with Crippen molar-refractivity contribution in [2.45, 2.75) is 13.0 Å². The van der Waals surface area contributed by atoms with Crippen LogP contribution in [0, 0.1) is 0 Å². The number of carbonyl (C=O) groups excluding carboxylic acids is 1. The second kappa shape index (κ2) is 6.57. The second-order valence-corrected chi connectivity index (χ2v) is 5.54. The summed E-state index contributed by atoms with van der Waals surface area (Å²) in [6.45, 7) is 0.546. The van der Waals surface area contributed by atoms with Crippen molar-refractivity contribution in [2.24, 2.45) is 7.05 Å². The van der Waals surface area contributed by atoms with E-state index in [9.17, 15) is 4.79 Å². The molecule has 2 aromatic carbocycles. The average Bonchev–Trinajstić information content (AvgIpc) is 2.89. The van der Waals surface area contributed by atoms with Gasteiger partial charge in [0.25, 0.3) is 0 Å². The Morgan fingerprint density at radius 2 is 1.91 bits per heavy atom. The maximum Gasteiger partial charge on any atom is 0.225 e. The highest BCUT2D eigenvalue weighted by Gasteiger charge is 2.10. The van der Waals surface area contributed by atoms with Crippen LogP contribution in [0.2, 0.25) is 0 Å².